The van der Waals surface area contributed by atoms with Gasteiger partial charge in [0.1, 0.15) is 18.6 Å². The Labute approximate surface area is 142 Å². The van der Waals surface area contributed by atoms with Crippen molar-refractivity contribution in [2.75, 3.05) is 0 Å². The van der Waals surface area contributed by atoms with Gasteiger partial charge in [-0.3, -0.25) is 4.79 Å². The molecule has 2 aromatic rings. The predicted molar refractivity (Wildman–Crippen MR) is 93.3 cm³/mol. The first-order chi connectivity index (χ1) is 11.7. The predicted octanol–water partition coefficient (Wildman–Crippen LogP) is 4.58. The largest absolute Gasteiger partial charge is 0.494 e. The molecule has 0 heterocycles. The maximum atomic E-state index is 10.9. The monoisotopic (exact) mass is 322 g/mol. The van der Waals surface area contributed by atoms with Crippen LogP contribution in [0.2, 0.25) is 0 Å². The molecule has 1 atom stereocenters. The molecule has 1 unspecified atom stereocenters. The van der Waals surface area contributed by atoms with Crippen LogP contribution in [-0.4, -0.2) is 12.1 Å². The molecule has 2 aromatic carbocycles. The molecule has 1 fully saturated rings. The van der Waals surface area contributed by atoms with Crippen molar-refractivity contribution in [2.24, 2.45) is 0 Å². The van der Waals surface area contributed by atoms with Gasteiger partial charge in [-0.1, -0.05) is 60.7 Å². The van der Waals surface area contributed by atoms with E-state index in [0.717, 1.165) is 19.3 Å². The van der Waals surface area contributed by atoms with Gasteiger partial charge < -0.3 is 9.47 Å². The summed E-state index contributed by atoms with van der Waals surface area (Å²) in [7, 11) is 0. The summed E-state index contributed by atoms with van der Waals surface area (Å²) in [5.41, 5.74) is 2.35. The van der Waals surface area contributed by atoms with E-state index in [9.17, 15) is 4.79 Å². The molecule has 3 rings (SSSR count). The second kappa shape index (κ2) is 7.35. The minimum absolute atomic E-state index is 0.00843. The fraction of sp³-hybridized carbons (Fsp3) is 0.286. The molecule has 0 N–H and O–H groups in total. The standard InChI is InChI=1S/C21H22O3/c1-17(22)23-15-16-24-20-13-8-14-21(20,18-9-4-2-5-10-18)19-11-6-3-7-12-19/h2-7,9-12,15-16,20H,8,13-14H2,1H3/b16-15+. The van der Waals surface area contributed by atoms with Gasteiger partial charge in [0, 0.05) is 6.92 Å². The van der Waals surface area contributed by atoms with Gasteiger partial charge in [0.15, 0.2) is 0 Å². The molecule has 0 saturated heterocycles. The summed E-state index contributed by atoms with van der Waals surface area (Å²) in [6.45, 7) is 1.37. The highest BCUT2D eigenvalue weighted by molar-refractivity contribution is 5.66. The summed E-state index contributed by atoms with van der Waals surface area (Å²) in [5, 5.41) is 0. The molecule has 1 aliphatic carbocycles. The number of rotatable bonds is 5. The van der Waals surface area contributed by atoms with Crippen LogP contribution in [0.1, 0.15) is 37.3 Å². The molecule has 0 bridgehead atoms. The van der Waals surface area contributed by atoms with Crippen molar-refractivity contribution in [3.8, 4) is 0 Å². The Morgan fingerprint density at radius 3 is 2.12 bits per heavy atom. The van der Waals surface area contributed by atoms with E-state index >= 15 is 0 Å². The first kappa shape index (κ1) is 16.3. The smallest absolute Gasteiger partial charge is 0.307 e. The number of hydrogen-bond donors (Lipinski definition) is 0. The van der Waals surface area contributed by atoms with Crippen LogP contribution >= 0.6 is 0 Å². The van der Waals surface area contributed by atoms with Gasteiger partial charge in [-0.2, -0.15) is 0 Å². The summed E-state index contributed by atoms with van der Waals surface area (Å²) in [4.78, 5) is 10.9. The minimum Gasteiger partial charge on any atom is -0.494 e. The van der Waals surface area contributed by atoms with Crippen molar-refractivity contribution < 1.29 is 14.3 Å². The highest BCUT2D eigenvalue weighted by atomic mass is 16.5. The summed E-state index contributed by atoms with van der Waals surface area (Å²) in [6.07, 6.45) is 5.92. The lowest BCUT2D eigenvalue weighted by atomic mass is 9.71. The lowest BCUT2D eigenvalue weighted by Crippen LogP contribution is -2.37. The molecular weight excluding hydrogens is 300 g/mol. The van der Waals surface area contributed by atoms with E-state index in [4.69, 9.17) is 9.47 Å². The van der Waals surface area contributed by atoms with Crippen LogP contribution in [-0.2, 0) is 19.7 Å². The molecule has 1 aliphatic rings. The number of ether oxygens (including phenoxy) is 2. The van der Waals surface area contributed by atoms with Crippen molar-refractivity contribution in [1.29, 1.82) is 0 Å². The van der Waals surface area contributed by atoms with Crippen LogP contribution in [0, 0.1) is 0 Å². The molecule has 1 saturated carbocycles. The SMILES string of the molecule is CC(=O)O/C=C/OC1CCCC1(c1ccccc1)c1ccccc1. The third kappa shape index (κ3) is 3.21. The van der Waals surface area contributed by atoms with E-state index < -0.39 is 0 Å². The Balaban J connectivity index is 1.95. The molecule has 0 amide bonds. The van der Waals surface area contributed by atoms with Gasteiger partial charge in [-0.25, -0.2) is 0 Å². The second-order valence-electron chi connectivity index (χ2n) is 6.10. The van der Waals surface area contributed by atoms with E-state index in [0.29, 0.717) is 0 Å². The maximum absolute atomic E-state index is 10.9. The third-order valence-corrected chi connectivity index (χ3v) is 4.70. The Hall–Kier alpha value is -2.55. The van der Waals surface area contributed by atoms with Gasteiger partial charge in [0.2, 0.25) is 0 Å². The molecule has 124 valence electrons. The molecular formula is C21H22O3. The molecule has 24 heavy (non-hydrogen) atoms. The van der Waals surface area contributed by atoms with Crippen LogP contribution in [0.3, 0.4) is 0 Å². The van der Waals surface area contributed by atoms with Gasteiger partial charge in [-0.05, 0) is 30.4 Å². The minimum atomic E-state index is -0.348. The lowest BCUT2D eigenvalue weighted by Gasteiger charge is -2.36. The molecule has 0 radical (unpaired) electrons. The molecule has 0 spiro atoms. The van der Waals surface area contributed by atoms with Crippen molar-refractivity contribution in [2.45, 2.75) is 37.7 Å². The van der Waals surface area contributed by atoms with Crippen LogP contribution in [0.5, 0.6) is 0 Å². The van der Waals surface area contributed by atoms with Gasteiger partial charge in [0.25, 0.3) is 0 Å². The third-order valence-electron chi connectivity index (χ3n) is 4.70. The van der Waals surface area contributed by atoms with Crippen LogP contribution in [0.25, 0.3) is 0 Å². The first-order valence-electron chi connectivity index (χ1n) is 8.32. The Morgan fingerprint density at radius 1 is 1.00 bits per heavy atom. The average Bonchev–Trinajstić information content (AvgIpc) is 3.05. The van der Waals surface area contributed by atoms with Gasteiger partial charge >= 0.3 is 5.97 Å². The normalized spacial score (nSPS) is 19.3. The Kier molecular flexibility index (Phi) is 4.99. The van der Waals surface area contributed by atoms with Crippen molar-refractivity contribution >= 4 is 5.97 Å². The van der Waals surface area contributed by atoms with E-state index in [2.05, 4.69) is 48.5 Å². The van der Waals surface area contributed by atoms with Gasteiger partial charge in [0.05, 0.1) is 5.41 Å². The average molecular weight is 322 g/mol. The topological polar surface area (TPSA) is 35.5 Å². The highest BCUT2D eigenvalue weighted by Gasteiger charge is 2.46. The van der Waals surface area contributed by atoms with E-state index in [1.165, 1.54) is 30.6 Å². The molecule has 0 aliphatic heterocycles. The second-order valence-corrected chi connectivity index (χ2v) is 6.10. The number of hydrogen-bond acceptors (Lipinski definition) is 3. The molecule has 3 nitrogen and oxygen atoms in total. The highest BCUT2D eigenvalue weighted by Crippen LogP contribution is 2.48. The fourth-order valence-electron chi connectivity index (χ4n) is 3.71. The number of carbonyl (C=O) groups excluding carboxylic acids is 1. The molecule has 0 aromatic heterocycles. The quantitative estimate of drug-likeness (QED) is 0.597. The maximum Gasteiger partial charge on any atom is 0.307 e. The van der Waals surface area contributed by atoms with E-state index in [-0.39, 0.29) is 17.5 Å². The van der Waals surface area contributed by atoms with Crippen LogP contribution < -0.4 is 0 Å². The number of benzene rings is 2. The number of esters is 1. The zero-order valence-electron chi connectivity index (χ0n) is 13.9. The van der Waals surface area contributed by atoms with Crippen LogP contribution in [0.15, 0.2) is 73.2 Å². The van der Waals surface area contributed by atoms with E-state index in [1.54, 1.807) is 0 Å². The fourth-order valence-corrected chi connectivity index (χ4v) is 3.71. The summed E-state index contributed by atoms with van der Waals surface area (Å²) in [6, 6.07) is 21.0. The number of carbonyl (C=O) groups is 1. The van der Waals surface area contributed by atoms with Crippen LogP contribution in [0.4, 0.5) is 0 Å². The van der Waals surface area contributed by atoms with Crippen molar-refractivity contribution in [3.05, 3.63) is 84.3 Å². The Bertz CT molecular complexity index is 652. The lowest BCUT2D eigenvalue weighted by molar-refractivity contribution is -0.135. The summed E-state index contributed by atoms with van der Waals surface area (Å²) in [5.74, 6) is -0.348. The van der Waals surface area contributed by atoms with Crippen molar-refractivity contribution in [1.82, 2.24) is 0 Å². The van der Waals surface area contributed by atoms with Crippen molar-refractivity contribution in [3.63, 3.8) is 0 Å². The first-order valence-corrected chi connectivity index (χ1v) is 8.32. The van der Waals surface area contributed by atoms with Gasteiger partial charge in [-0.15, -0.1) is 0 Å². The summed E-state index contributed by atoms with van der Waals surface area (Å²) >= 11 is 0. The Morgan fingerprint density at radius 2 is 1.58 bits per heavy atom. The summed E-state index contributed by atoms with van der Waals surface area (Å²) < 4.78 is 10.9. The zero-order chi connectivity index (χ0) is 16.8. The molecule has 3 heteroatoms. The zero-order valence-corrected chi connectivity index (χ0v) is 13.9. The van der Waals surface area contributed by atoms with E-state index in [1.807, 2.05) is 12.1 Å².